The Balaban J connectivity index is 1.85. The number of halogens is 1. The predicted octanol–water partition coefficient (Wildman–Crippen LogP) is 2.28. The van der Waals surface area contributed by atoms with Gasteiger partial charge in [-0.15, -0.1) is 0 Å². The molecule has 2 nitrogen and oxygen atoms in total. The van der Waals surface area contributed by atoms with Crippen molar-refractivity contribution in [2.45, 2.75) is 6.42 Å². The molecule has 1 fully saturated rings. The highest BCUT2D eigenvalue weighted by molar-refractivity contribution is 14.1. The Morgan fingerprint density at radius 2 is 2.43 bits per heavy atom. The van der Waals surface area contributed by atoms with Gasteiger partial charge in [0.15, 0.2) is 0 Å². The standard InChI is InChI=1S/C11H14INO/c12-10-2-1-3-11(6-10)14-8-9-4-5-13-7-9/h1-3,6,9,13H,4-5,7-8H2. The van der Waals surface area contributed by atoms with E-state index in [1.54, 1.807) is 0 Å². The van der Waals surface area contributed by atoms with Crippen LogP contribution in [-0.4, -0.2) is 19.7 Å². The minimum atomic E-state index is 0.688. The fourth-order valence-corrected chi connectivity index (χ4v) is 2.14. The molecule has 1 aliphatic heterocycles. The minimum absolute atomic E-state index is 0.688. The van der Waals surface area contributed by atoms with Gasteiger partial charge in [0.25, 0.3) is 0 Å². The lowest BCUT2D eigenvalue weighted by molar-refractivity contribution is 0.260. The Morgan fingerprint density at radius 3 is 3.14 bits per heavy atom. The first-order valence-electron chi connectivity index (χ1n) is 4.94. The van der Waals surface area contributed by atoms with Gasteiger partial charge in [-0.2, -0.15) is 0 Å². The SMILES string of the molecule is Ic1cccc(OCC2CCNC2)c1. The van der Waals surface area contributed by atoms with Crippen molar-refractivity contribution in [1.82, 2.24) is 5.32 Å². The average molecular weight is 303 g/mol. The molecule has 1 aromatic rings. The maximum Gasteiger partial charge on any atom is 0.120 e. The molecular formula is C11H14INO. The summed E-state index contributed by atoms with van der Waals surface area (Å²) in [5, 5.41) is 3.34. The molecule has 1 heterocycles. The maximum atomic E-state index is 5.73. The molecule has 76 valence electrons. The number of benzene rings is 1. The molecule has 1 unspecified atom stereocenters. The van der Waals surface area contributed by atoms with Crippen molar-refractivity contribution in [2.75, 3.05) is 19.7 Å². The zero-order valence-corrected chi connectivity index (χ0v) is 10.2. The van der Waals surface area contributed by atoms with Crippen LogP contribution in [-0.2, 0) is 0 Å². The first kappa shape index (κ1) is 10.2. The number of hydrogen-bond donors (Lipinski definition) is 1. The van der Waals surface area contributed by atoms with Crippen LogP contribution in [0.5, 0.6) is 5.75 Å². The third kappa shape index (κ3) is 2.85. The number of ether oxygens (including phenoxy) is 1. The maximum absolute atomic E-state index is 5.73. The van der Waals surface area contributed by atoms with Crippen LogP contribution < -0.4 is 10.1 Å². The van der Waals surface area contributed by atoms with Crippen LogP contribution in [0.4, 0.5) is 0 Å². The molecule has 2 rings (SSSR count). The highest BCUT2D eigenvalue weighted by atomic mass is 127. The summed E-state index contributed by atoms with van der Waals surface area (Å²) in [7, 11) is 0. The molecule has 0 amide bonds. The molecule has 0 aromatic heterocycles. The van der Waals surface area contributed by atoms with Crippen LogP contribution in [0.1, 0.15) is 6.42 Å². The average Bonchev–Trinajstić information content (AvgIpc) is 2.67. The van der Waals surface area contributed by atoms with E-state index in [9.17, 15) is 0 Å². The Kier molecular flexibility index (Phi) is 3.64. The Hall–Kier alpha value is -0.290. The van der Waals surface area contributed by atoms with Crippen molar-refractivity contribution in [1.29, 1.82) is 0 Å². The Morgan fingerprint density at radius 1 is 1.50 bits per heavy atom. The second-order valence-corrected chi connectivity index (χ2v) is 4.87. The molecule has 0 aliphatic carbocycles. The smallest absolute Gasteiger partial charge is 0.120 e. The van der Waals surface area contributed by atoms with Gasteiger partial charge in [0.05, 0.1) is 6.61 Å². The van der Waals surface area contributed by atoms with E-state index in [0.717, 1.165) is 25.4 Å². The summed E-state index contributed by atoms with van der Waals surface area (Å²) in [5.41, 5.74) is 0. The van der Waals surface area contributed by atoms with Crippen molar-refractivity contribution in [2.24, 2.45) is 5.92 Å². The van der Waals surface area contributed by atoms with Gasteiger partial charge in [-0.25, -0.2) is 0 Å². The van der Waals surface area contributed by atoms with Gasteiger partial charge >= 0.3 is 0 Å². The molecule has 0 radical (unpaired) electrons. The quantitative estimate of drug-likeness (QED) is 0.865. The number of hydrogen-bond acceptors (Lipinski definition) is 2. The molecule has 1 N–H and O–H groups in total. The summed E-state index contributed by atoms with van der Waals surface area (Å²) >= 11 is 2.30. The van der Waals surface area contributed by atoms with Crippen LogP contribution in [0, 0.1) is 9.49 Å². The number of rotatable bonds is 3. The molecule has 0 saturated carbocycles. The molecule has 1 atom stereocenters. The van der Waals surface area contributed by atoms with E-state index in [0.29, 0.717) is 5.92 Å². The van der Waals surface area contributed by atoms with Crippen LogP contribution >= 0.6 is 22.6 Å². The van der Waals surface area contributed by atoms with Gasteiger partial charge < -0.3 is 10.1 Å². The zero-order valence-electron chi connectivity index (χ0n) is 8.00. The molecular weight excluding hydrogens is 289 g/mol. The van der Waals surface area contributed by atoms with Crippen molar-refractivity contribution in [3.8, 4) is 5.75 Å². The van der Waals surface area contributed by atoms with E-state index in [2.05, 4.69) is 40.0 Å². The summed E-state index contributed by atoms with van der Waals surface area (Å²) in [6, 6.07) is 8.20. The largest absolute Gasteiger partial charge is 0.493 e. The fourth-order valence-electron chi connectivity index (χ4n) is 1.63. The third-order valence-electron chi connectivity index (χ3n) is 2.44. The van der Waals surface area contributed by atoms with Gasteiger partial charge in [0, 0.05) is 16.0 Å². The second kappa shape index (κ2) is 4.98. The predicted molar refractivity (Wildman–Crippen MR) is 65.6 cm³/mol. The van der Waals surface area contributed by atoms with Gasteiger partial charge in [0.1, 0.15) is 5.75 Å². The molecule has 0 spiro atoms. The van der Waals surface area contributed by atoms with Crippen molar-refractivity contribution < 1.29 is 4.74 Å². The fraction of sp³-hybridized carbons (Fsp3) is 0.455. The van der Waals surface area contributed by atoms with Gasteiger partial charge in [-0.05, 0) is 53.8 Å². The lowest BCUT2D eigenvalue weighted by Crippen LogP contribution is -2.15. The zero-order chi connectivity index (χ0) is 9.80. The Labute approximate surface area is 98.2 Å². The second-order valence-electron chi connectivity index (χ2n) is 3.63. The van der Waals surface area contributed by atoms with E-state index in [-0.39, 0.29) is 0 Å². The lowest BCUT2D eigenvalue weighted by Gasteiger charge is -2.10. The molecule has 3 heteroatoms. The normalized spacial score (nSPS) is 21.1. The highest BCUT2D eigenvalue weighted by Crippen LogP contribution is 2.16. The van der Waals surface area contributed by atoms with E-state index >= 15 is 0 Å². The number of nitrogens with one attached hydrogen (secondary N) is 1. The summed E-state index contributed by atoms with van der Waals surface area (Å²) in [5.74, 6) is 1.68. The first-order chi connectivity index (χ1) is 6.84. The summed E-state index contributed by atoms with van der Waals surface area (Å²) in [6.07, 6.45) is 1.24. The molecule has 0 bridgehead atoms. The summed E-state index contributed by atoms with van der Waals surface area (Å²) in [6.45, 7) is 3.08. The first-order valence-corrected chi connectivity index (χ1v) is 6.01. The monoisotopic (exact) mass is 303 g/mol. The van der Waals surface area contributed by atoms with Crippen molar-refractivity contribution in [3.05, 3.63) is 27.8 Å². The summed E-state index contributed by atoms with van der Waals surface area (Å²) < 4.78 is 6.95. The van der Waals surface area contributed by atoms with Crippen molar-refractivity contribution >= 4 is 22.6 Å². The topological polar surface area (TPSA) is 21.3 Å². The Bertz CT molecular complexity index is 297. The van der Waals surface area contributed by atoms with Crippen LogP contribution in [0.2, 0.25) is 0 Å². The molecule has 1 saturated heterocycles. The van der Waals surface area contributed by atoms with Gasteiger partial charge in [-0.1, -0.05) is 6.07 Å². The van der Waals surface area contributed by atoms with E-state index in [1.807, 2.05) is 12.1 Å². The minimum Gasteiger partial charge on any atom is -0.493 e. The van der Waals surface area contributed by atoms with Crippen LogP contribution in [0.25, 0.3) is 0 Å². The van der Waals surface area contributed by atoms with Crippen molar-refractivity contribution in [3.63, 3.8) is 0 Å². The van der Waals surface area contributed by atoms with E-state index in [1.165, 1.54) is 9.99 Å². The van der Waals surface area contributed by atoms with E-state index < -0.39 is 0 Å². The van der Waals surface area contributed by atoms with Crippen LogP contribution in [0.3, 0.4) is 0 Å². The summed E-state index contributed by atoms with van der Waals surface area (Å²) in [4.78, 5) is 0. The lowest BCUT2D eigenvalue weighted by atomic mass is 10.1. The molecule has 1 aliphatic rings. The van der Waals surface area contributed by atoms with Gasteiger partial charge in [0.2, 0.25) is 0 Å². The van der Waals surface area contributed by atoms with Gasteiger partial charge in [-0.3, -0.25) is 0 Å². The third-order valence-corrected chi connectivity index (χ3v) is 3.12. The highest BCUT2D eigenvalue weighted by Gasteiger charge is 2.14. The molecule has 1 aromatic carbocycles. The van der Waals surface area contributed by atoms with E-state index in [4.69, 9.17) is 4.74 Å². The van der Waals surface area contributed by atoms with Crippen LogP contribution in [0.15, 0.2) is 24.3 Å². The molecule has 14 heavy (non-hydrogen) atoms.